The number of hydrogen-bond acceptors (Lipinski definition) is 5. The summed E-state index contributed by atoms with van der Waals surface area (Å²) < 4.78 is 5.96. The van der Waals surface area contributed by atoms with Crippen molar-refractivity contribution in [3.8, 4) is 11.5 Å². The Balaban J connectivity index is 1.74. The zero-order valence-electron chi connectivity index (χ0n) is 15.1. The molecule has 0 aromatic heterocycles. The van der Waals surface area contributed by atoms with Gasteiger partial charge in [0, 0.05) is 5.69 Å². The number of carbonyl (C=O) groups excluding carboxylic acids is 1. The highest BCUT2D eigenvalue weighted by Gasteiger charge is 2.27. The monoisotopic (exact) mass is 448 g/mol. The summed E-state index contributed by atoms with van der Waals surface area (Å²) in [7, 11) is 0. The molecule has 2 aromatic rings. The maximum atomic E-state index is 12.3. The number of amides is 1. The molecule has 0 aliphatic carbocycles. The van der Waals surface area contributed by atoms with E-state index in [1.165, 1.54) is 17.3 Å². The average molecular weight is 449 g/mol. The third kappa shape index (κ3) is 4.78. The molecule has 0 spiro atoms. The summed E-state index contributed by atoms with van der Waals surface area (Å²) in [6.45, 7) is 4.41. The van der Waals surface area contributed by atoms with Gasteiger partial charge in [0.05, 0.1) is 16.0 Å². The van der Waals surface area contributed by atoms with Crippen molar-refractivity contribution in [1.29, 1.82) is 0 Å². The Bertz CT molecular complexity index is 868. The van der Waals surface area contributed by atoms with E-state index in [2.05, 4.69) is 45.6 Å². The molecule has 1 heterocycles. The molecule has 0 saturated carbocycles. The van der Waals surface area contributed by atoms with Crippen LogP contribution in [0.4, 0.5) is 5.69 Å². The molecular formula is C20H21BrN2O3S. The SMILES string of the molecule is CCOc1cc(/C=C2\S[C@@H](Nc3ccc(CC)cc3)NC2=O)cc(Br)c1O. The molecule has 5 nitrogen and oxygen atoms in total. The maximum absolute atomic E-state index is 12.3. The minimum atomic E-state index is -0.233. The van der Waals surface area contributed by atoms with Crippen molar-refractivity contribution in [1.82, 2.24) is 5.32 Å². The first-order chi connectivity index (χ1) is 13.0. The minimum absolute atomic E-state index is 0.0533. The zero-order valence-corrected chi connectivity index (χ0v) is 17.5. The van der Waals surface area contributed by atoms with Gasteiger partial charge in [0.25, 0.3) is 5.91 Å². The van der Waals surface area contributed by atoms with Gasteiger partial charge in [-0.25, -0.2) is 0 Å². The lowest BCUT2D eigenvalue weighted by atomic mass is 10.1. The van der Waals surface area contributed by atoms with Crippen molar-refractivity contribution < 1.29 is 14.6 Å². The van der Waals surface area contributed by atoms with Gasteiger partial charge in [-0.05, 0) is 70.7 Å². The number of aromatic hydroxyl groups is 1. The summed E-state index contributed by atoms with van der Waals surface area (Å²) >= 11 is 4.74. The van der Waals surface area contributed by atoms with E-state index in [9.17, 15) is 9.90 Å². The number of phenolic OH excluding ortho intramolecular Hbond substituents is 1. The number of phenols is 1. The average Bonchev–Trinajstić information content (AvgIpc) is 2.99. The maximum Gasteiger partial charge on any atom is 0.260 e. The van der Waals surface area contributed by atoms with Crippen molar-refractivity contribution in [2.45, 2.75) is 25.8 Å². The Hall–Kier alpha value is -2.12. The molecule has 1 fully saturated rings. The molecule has 0 radical (unpaired) electrons. The van der Waals surface area contributed by atoms with Gasteiger partial charge in [0.15, 0.2) is 17.0 Å². The van der Waals surface area contributed by atoms with Crippen LogP contribution in [-0.2, 0) is 11.2 Å². The fraction of sp³-hybridized carbons (Fsp3) is 0.250. The molecule has 3 N–H and O–H groups in total. The van der Waals surface area contributed by atoms with E-state index in [4.69, 9.17) is 4.74 Å². The molecule has 1 saturated heterocycles. The molecule has 0 bridgehead atoms. The second-order valence-corrected chi connectivity index (χ2v) is 7.96. The number of rotatable bonds is 6. The third-order valence-corrected chi connectivity index (χ3v) is 5.67. The van der Waals surface area contributed by atoms with Gasteiger partial charge in [-0.1, -0.05) is 30.8 Å². The molecule has 27 heavy (non-hydrogen) atoms. The molecule has 2 aromatic carbocycles. The summed E-state index contributed by atoms with van der Waals surface area (Å²) in [6.07, 6.45) is 2.78. The Morgan fingerprint density at radius 3 is 2.70 bits per heavy atom. The first-order valence-electron chi connectivity index (χ1n) is 8.70. The number of aryl methyl sites for hydroxylation is 1. The molecule has 3 rings (SSSR count). The topological polar surface area (TPSA) is 70.6 Å². The number of nitrogens with one attached hydrogen (secondary N) is 2. The molecule has 7 heteroatoms. The second-order valence-electron chi connectivity index (χ2n) is 5.96. The summed E-state index contributed by atoms with van der Waals surface area (Å²) in [5, 5.41) is 16.2. The number of thioether (sulfide) groups is 1. The number of anilines is 1. The Morgan fingerprint density at radius 1 is 1.30 bits per heavy atom. The molecule has 1 amide bonds. The third-order valence-electron chi connectivity index (χ3n) is 4.04. The van der Waals surface area contributed by atoms with Crippen molar-refractivity contribution in [2.75, 3.05) is 11.9 Å². The lowest BCUT2D eigenvalue weighted by Gasteiger charge is -2.13. The first-order valence-corrected chi connectivity index (χ1v) is 10.4. The Morgan fingerprint density at radius 2 is 2.04 bits per heavy atom. The van der Waals surface area contributed by atoms with Gasteiger partial charge in [0.2, 0.25) is 0 Å². The summed E-state index contributed by atoms with van der Waals surface area (Å²) in [4.78, 5) is 12.9. The number of carbonyl (C=O) groups is 1. The molecule has 1 atom stereocenters. The van der Waals surface area contributed by atoms with Gasteiger partial charge < -0.3 is 20.5 Å². The van der Waals surface area contributed by atoms with Gasteiger partial charge in [0.1, 0.15) is 0 Å². The largest absolute Gasteiger partial charge is 0.503 e. The van der Waals surface area contributed by atoms with E-state index in [1.54, 1.807) is 18.2 Å². The van der Waals surface area contributed by atoms with Crippen molar-refractivity contribution in [3.63, 3.8) is 0 Å². The highest BCUT2D eigenvalue weighted by atomic mass is 79.9. The Labute approximate surface area is 171 Å². The van der Waals surface area contributed by atoms with Crippen LogP contribution < -0.4 is 15.4 Å². The molecule has 0 unspecified atom stereocenters. The van der Waals surface area contributed by atoms with E-state index < -0.39 is 0 Å². The van der Waals surface area contributed by atoms with Crippen LogP contribution in [0.2, 0.25) is 0 Å². The van der Waals surface area contributed by atoms with Crippen LogP contribution in [0.5, 0.6) is 11.5 Å². The lowest BCUT2D eigenvalue weighted by molar-refractivity contribution is -0.116. The van der Waals surface area contributed by atoms with Crippen molar-refractivity contribution >= 4 is 45.4 Å². The first kappa shape index (κ1) is 19.6. The van der Waals surface area contributed by atoms with E-state index in [0.29, 0.717) is 21.7 Å². The Kier molecular flexibility index (Phi) is 6.34. The van der Waals surface area contributed by atoms with Gasteiger partial charge >= 0.3 is 0 Å². The van der Waals surface area contributed by atoms with Crippen molar-refractivity contribution in [3.05, 3.63) is 56.9 Å². The number of benzene rings is 2. The molecular weight excluding hydrogens is 428 g/mol. The van der Waals surface area contributed by atoms with Crippen molar-refractivity contribution in [2.24, 2.45) is 0 Å². The van der Waals surface area contributed by atoms with E-state index in [1.807, 2.05) is 19.1 Å². The molecule has 1 aliphatic rings. The normalized spacial score (nSPS) is 17.8. The number of halogens is 1. The van der Waals surface area contributed by atoms with Crippen LogP contribution in [0.25, 0.3) is 6.08 Å². The predicted octanol–water partition coefficient (Wildman–Crippen LogP) is 4.72. The van der Waals surface area contributed by atoms with Crippen LogP contribution in [0, 0.1) is 0 Å². The second kappa shape index (κ2) is 8.71. The highest BCUT2D eigenvalue weighted by molar-refractivity contribution is 9.10. The number of ether oxygens (including phenoxy) is 1. The minimum Gasteiger partial charge on any atom is -0.503 e. The van der Waals surface area contributed by atoms with Gasteiger partial charge in [-0.2, -0.15) is 0 Å². The van der Waals surface area contributed by atoms with Gasteiger partial charge in [-0.15, -0.1) is 0 Å². The lowest BCUT2D eigenvalue weighted by Crippen LogP contribution is -2.30. The standard InChI is InChI=1S/C20H21BrN2O3S/c1-3-12-5-7-14(8-6-12)22-20-23-19(25)17(27-20)11-13-9-15(21)18(24)16(10-13)26-4-2/h5-11,20,22,24H,3-4H2,1-2H3,(H,23,25)/b17-11-/t20-/m0/s1. The zero-order chi connectivity index (χ0) is 19.4. The van der Waals surface area contributed by atoms with E-state index in [0.717, 1.165) is 17.7 Å². The summed E-state index contributed by atoms with van der Waals surface area (Å²) in [5.74, 6) is 0.301. The van der Waals surface area contributed by atoms with Crippen LogP contribution in [-0.4, -0.2) is 23.1 Å². The van der Waals surface area contributed by atoms with Crippen LogP contribution in [0.1, 0.15) is 25.0 Å². The highest BCUT2D eigenvalue weighted by Crippen LogP contribution is 2.37. The number of hydrogen-bond donors (Lipinski definition) is 3. The molecule has 1 aliphatic heterocycles. The van der Waals surface area contributed by atoms with Gasteiger partial charge in [-0.3, -0.25) is 4.79 Å². The summed E-state index contributed by atoms with van der Waals surface area (Å²) in [6, 6.07) is 11.6. The quantitative estimate of drug-likeness (QED) is 0.557. The predicted molar refractivity (Wildman–Crippen MR) is 114 cm³/mol. The van der Waals surface area contributed by atoms with E-state index >= 15 is 0 Å². The van der Waals surface area contributed by atoms with E-state index in [-0.39, 0.29) is 17.2 Å². The van der Waals surface area contributed by atoms with Crippen LogP contribution in [0.3, 0.4) is 0 Å². The van der Waals surface area contributed by atoms with Crippen LogP contribution in [0.15, 0.2) is 45.8 Å². The smallest absolute Gasteiger partial charge is 0.260 e. The molecule has 142 valence electrons. The summed E-state index contributed by atoms with van der Waals surface area (Å²) in [5.41, 5.74) is 2.77. The fourth-order valence-corrected chi connectivity index (χ4v) is 4.09. The fourth-order valence-electron chi connectivity index (χ4n) is 2.65. The van der Waals surface area contributed by atoms with Crippen LogP contribution >= 0.6 is 27.7 Å².